The van der Waals surface area contributed by atoms with Crippen molar-refractivity contribution in [1.29, 1.82) is 0 Å². The van der Waals surface area contributed by atoms with Gasteiger partial charge in [0.2, 0.25) is 0 Å². The van der Waals surface area contributed by atoms with Crippen LogP contribution in [0.15, 0.2) is 30.6 Å². The Balaban J connectivity index is 1.47. The van der Waals surface area contributed by atoms with E-state index < -0.39 is 0 Å². The van der Waals surface area contributed by atoms with Crippen molar-refractivity contribution in [2.45, 2.75) is 6.54 Å². The summed E-state index contributed by atoms with van der Waals surface area (Å²) in [6, 6.07) is 5.82. The molecule has 136 valence electrons. The minimum atomic E-state index is -0.107. The van der Waals surface area contributed by atoms with Gasteiger partial charge in [0, 0.05) is 57.6 Å². The van der Waals surface area contributed by atoms with Gasteiger partial charge in [0.25, 0.3) is 0 Å². The van der Waals surface area contributed by atoms with Crippen LogP contribution >= 0.6 is 0 Å². The number of amides is 2. The molecule has 2 aromatic heterocycles. The number of carbonyl (C=O) groups is 1. The van der Waals surface area contributed by atoms with Crippen molar-refractivity contribution in [3.05, 3.63) is 36.2 Å². The highest BCUT2D eigenvalue weighted by molar-refractivity contribution is 5.94. The molecule has 4 heterocycles. The number of hydrogen-bond donors (Lipinski definition) is 2. The zero-order chi connectivity index (χ0) is 18.1. The Hall–Kier alpha value is -2.87. The molecule has 8 nitrogen and oxygen atoms in total. The van der Waals surface area contributed by atoms with Crippen molar-refractivity contribution in [3.8, 4) is 0 Å². The van der Waals surface area contributed by atoms with E-state index >= 15 is 0 Å². The van der Waals surface area contributed by atoms with Gasteiger partial charge in [-0.1, -0.05) is 0 Å². The van der Waals surface area contributed by atoms with E-state index in [2.05, 4.69) is 43.5 Å². The first-order valence-electron chi connectivity index (χ1n) is 8.77. The molecule has 2 aromatic rings. The maximum atomic E-state index is 11.8. The molecule has 0 atom stereocenters. The van der Waals surface area contributed by atoms with Crippen LogP contribution in [0.3, 0.4) is 0 Å². The lowest BCUT2D eigenvalue weighted by atomic mass is 10.2. The van der Waals surface area contributed by atoms with Crippen LogP contribution in [-0.4, -0.2) is 61.2 Å². The van der Waals surface area contributed by atoms with Gasteiger partial charge >= 0.3 is 6.03 Å². The summed E-state index contributed by atoms with van der Waals surface area (Å²) in [5.41, 5.74) is 3.00. The van der Waals surface area contributed by atoms with E-state index in [0.717, 1.165) is 48.9 Å². The Morgan fingerprint density at radius 1 is 1.04 bits per heavy atom. The van der Waals surface area contributed by atoms with Crippen molar-refractivity contribution in [1.82, 2.24) is 20.2 Å². The fraction of sp³-hybridized carbons (Fsp3) is 0.389. The molecule has 2 aliphatic heterocycles. The number of aromatic nitrogens is 2. The smallest absolute Gasteiger partial charge is 0.321 e. The van der Waals surface area contributed by atoms with E-state index in [4.69, 9.17) is 0 Å². The van der Waals surface area contributed by atoms with Crippen molar-refractivity contribution in [2.75, 3.05) is 55.4 Å². The molecule has 1 fully saturated rings. The average Bonchev–Trinajstić information content (AvgIpc) is 2.66. The second kappa shape index (κ2) is 6.80. The van der Waals surface area contributed by atoms with Crippen LogP contribution in [-0.2, 0) is 6.54 Å². The highest BCUT2D eigenvalue weighted by Crippen LogP contribution is 2.26. The highest BCUT2D eigenvalue weighted by Gasteiger charge is 2.21. The zero-order valence-corrected chi connectivity index (χ0v) is 15.1. The summed E-state index contributed by atoms with van der Waals surface area (Å²) >= 11 is 0. The number of carbonyl (C=O) groups excluding carboxylic acids is 1. The minimum absolute atomic E-state index is 0.107. The van der Waals surface area contributed by atoms with Crippen molar-refractivity contribution >= 4 is 29.0 Å². The average molecular weight is 353 g/mol. The number of fused-ring (bicyclic) bond motifs is 1. The third-order valence-electron chi connectivity index (χ3n) is 4.93. The summed E-state index contributed by atoms with van der Waals surface area (Å²) in [5, 5.41) is 6.02. The van der Waals surface area contributed by atoms with Gasteiger partial charge in [0.05, 0.1) is 17.6 Å². The first kappa shape index (κ1) is 16.6. The second-order valence-corrected chi connectivity index (χ2v) is 6.73. The summed E-state index contributed by atoms with van der Waals surface area (Å²) < 4.78 is 0. The van der Waals surface area contributed by atoms with Gasteiger partial charge in [-0.15, -0.1) is 0 Å². The largest absolute Gasteiger partial charge is 0.368 e. The number of anilines is 4. The predicted octanol–water partition coefficient (Wildman–Crippen LogP) is 1.63. The lowest BCUT2D eigenvalue weighted by molar-refractivity contribution is 0.246. The van der Waals surface area contributed by atoms with Crippen LogP contribution in [0.4, 0.5) is 27.8 Å². The Kier molecular flexibility index (Phi) is 4.34. The van der Waals surface area contributed by atoms with Gasteiger partial charge in [-0.3, -0.25) is 4.90 Å². The SMILES string of the molecule is CN1CCN(c2ccc(Nc3cc4c(cn3)CNC(=O)N4C)nc2)CC1. The van der Waals surface area contributed by atoms with E-state index in [-0.39, 0.29) is 6.03 Å². The van der Waals surface area contributed by atoms with Crippen LogP contribution in [0.25, 0.3) is 0 Å². The van der Waals surface area contributed by atoms with E-state index in [0.29, 0.717) is 12.4 Å². The topological polar surface area (TPSA) is 76.6 Å². The van der Waals surface area contributed by atoms with Crippen LogP contribution in [0.1, 0.15) is 5.56 Å². The number of rotatable bonds is 3. The summed E-state index contributed by atoms with van der Waals surface area (Å²) in [7, 11) is 3.90. The lowest BCUT2D eigenvalue weighted by Gasteiger charge is -2.33. The molecule has 4 rings (SSSR count). The molecule has 2 amide bonds. The number of hydrogen-bond acceptors (Lipinski definition) is 6. The highest BCUT2D eigenvalue weighted by atomic mass is 16.2. The number of piperazine rings is 1. The molecule has 0 radical (unpaired) electrons. The third kappa shape index (κ3) is 3.28. The summed E-state index contributed by atoms with van der Waals surface area (Å²) in [5.74, 6) is 1.41. The first-order valence-corrected chi connectivity index (χ1v) is 8.77. The molecule has 0 bridgehead atoms. The van der Waals surface area contributed by atoms with E-state index in [1.54, 1.807) is 18.1 Å². The Morgan fingerprint density at radius 3 is 2.54 bits per heavy atom. The van der Waals surface area contributed by atoms with Crippen LogP contribution in [0, 0.1) is 0 Å². The molecular weight excluding hydrogens is 330 g/mol. The van der Waals surface area contributed by atoms with Gasteiger partial charge in [-0.25, -0.2) is 14.8 Å². The van der Waals surface area contributed by atoms with Crippen LogP contribution in [0.2, 0.25) is 0 Å². The lowest BCUT2D eigenvalue weighted by Crippen LogP contribution is -2.44. The summed E-state index contributed by atoms with van der Waals surface area (Å²) in [6.07, 6.45) is 3.68. The van der Waals surface area contributed by atoms with E-state index in [1.165, 1.54) is 0 Å². The van der Waals surface area contributed by atoms with Gasteiger partial charge in [0.1, 0.15) is 11.6 Å². The molecule has 26 heavy (non-hydrogen) atoms. The molecule has 0 spiro atoms. The normalized spacial score (nSPS) is 17.7. The van der Waals surface area contributed by atoms with Crippen molar-refractivity contribution < 1.29 is 4.79 Å². The fourth-order valence-electron chi connectivity index (χ4n) is 3.23. The summed E-state index contributed by atoms with van der Waals surface area (Å²) in [6.45, 7) is 4.68. The molecular formula is C18H23N7O. The monoisotopic (exact) mass is 353 g/mol. The van der Waals surface area contributed by atoms with Crippen molar-refractivity contribution in [3.63, 3.8) is 0 Å². The van der Waals surface area contributed by atoms with Gasteiger partial charge in [-0.05, 0) is 19.2 Å². The van der Waals surface area contributed by atoms with E-state index in [1.807, 2.05) is 18.3 Å². The number of pyridine rings is 2. The number of nitrogens with one attached hydrogen (secondary N) is 2. The number of urea groups is 1. The fourth-order valence-corrected chi connectivity index (χ4v) is 3.23. The van der Waals surface area contributed by atoms with Gasteiger partial charge in [-0.2, -0.15) is 0 Å². The second-order valence-electron chi connectivity index (χ2n) is 6.73. The maximum absolute atomic E-state index is 11.8. The number of likely N-dealkylation sites (N-methyl/N-ethyl adjacent to an activating group) is 1. The molecule has 8 heteroatoms. The molecule has 0 aromatic carbocycles. The van der Waals surface area contributed by atoms with Gasteiger partial charge in [0.15, 0.2) is 0 Å². The minimum Gasteiger partial charge on any atom is -0.368 e. The number of nitrogens with zero attached hydrogens (tertiary/aromatic N) is 5. The standard InChI is InChI=1S/C18H23N7O/c1-23-5-7-25(8-6-23)14-3-4-16(20-12-14)22-17-9-15-13(10-19-17)11-21-18(26)24(15)2/h3-4,9-10,12H,5-8,11H2,1-2H3,(H,21,26)(H,19,20,22). The Labute approximate surface area is 152 Å². The van der Waals surface area contributed by atoms with Gasteiger partial charge < -0.3 is 20.4 Å². The quantitative estimate of drug-likeness (QED) is 0.873. The Bertz CT molecular complexity index is 800. The first-order chi connectivity index (χ1) is 12.6. The summed E-state index contributed by atoms with van der Waals surface area (Å²) in [4.78, 5) is 27.0. The predicted molar refractivity (Wildman–Crippen MR) is 102 cm³/mol. The molecule has 0 saturated carbocycles. The van der Waals surface area contributed by atoms with Crippen LogP contribution < -0.4 is 20.4 Å². The maximum Gasteiger partial charge on any atom is 0.321 e. The molecule has 2 N–H and O–H groups in total. The molecule has 0 aliphatic carbocycles. The molecule has 0 unspecified atom stereocenters. The van der Waals surface area contributed by atoms with Crippen LogP contribution in [0.5, 0.6) is 0 Å². The van der Waals surface area contributed by atoms with E-state index in [9.17, 15) is 4.79 Å². The Morgan fingerprint density at radius 2 is 1.81 bits per heavy atom. The van der Waals surface area contributed by atoms with Crippen molar-refractivity contribution in [2.24, 2.45) is 0 Å². The third-order valence-corrected chi connectivity index (χ3v) is 4.93. The molecule has 2 aliphatic rings. The molecule has 1 saturated heterocycles. The zero-order valence-electron chi connectivity index (χ0n) is 15.1.